The zero-order valence-corrected chi connectivity index (χ0v) is 24.8. The van der Waals surface area contributed by atoms with Gasteiger partial charge >= 0.3 is 0 Å². The molecule has 0 spiro atoms. The predicted octanol–water partition coefficient (Wildman–Crippen LogP) is 10.3. The minimum atomic E-state index is 0.0922. The summed E-state index contributed by atoms with van der Waals surface area (Å²) in [5, 5.41) is 8.76. The average molecular weight is 521 g/mol. The highest BCUT2D eigenvalue weighted by Crippen LogP contribution is 2.16. The highest BCUT2D eigenvalue weighted by atomic mass is 16.7. The first-order valence-electron chi connectivity index (χ1n) is 16.7. The Morgan fingerprint density at radius 3 is 1.32 bits per heavy atom. The van der Waals surface area contributed by atoms with Crippen LogP contribution in [0, 0.1) is 11.8 Å². The Morgan fingerprint density at radius 1 is 0.514 bits per heavy atom. The van der Waals surface area contributed by atoms with E-state index >= 15 is 0 Å². The average Bonchev–Trinajstić information content (AvgIpc) is 2.93. The van der Waals surface area contributed by atoms with E-state index in [-0.39, 0.29) is 6.29 Å². The molecule has 1 saturated heterocycles. The van der Waals surface area contributed by atoms with Crippen molar-refractivity contribution < 1.29 is 14.6 Å². The fourth-order valence-electron chi connectivity index (χ4n) is 5.23. The van der Waals surface area contributed by atoms with Crippen molar-refractivity contribution in [2.24, 2.45) is 0 Å². The van der Waals surface area contributed by atoms with E-state index in [0.29, 0.717) is 6.61 Å². The second-order valence-electron chi connectivity index (χ2n) is 11.4. The molecule has 0 saturated carbocycles. The van der Waals surface area contributed by atoms with Gasteiger partial charge in [-0.1, -0.05) is 122 Å². The highest BCUT2D eigenvalue weighted by molar-refractivity contribution is 4.98. The van der Waals surface area contributed by atoms with E-state index in [2.05, 4.69) is 11.8 Å². The van der Waals surface area contributed by atoms with Crippen molar-refractivity contribution in [2.45, 2.75) is 186 Å². The van der Waals surface area contributed by atoms with Gasteiger partial charge < -0.3 is 14.6 Å². The smallest absolute Gasteiger partial charge is 0.157 e. The summed E-state index contributed by atoms with van der Waals surface area (Å²) >= 11 is 0. The number of aliphatic hydroxyl groups excluding tert-OH is 1. The first-order valence-corrected chi connectivity index (χ1v) is 16.7. The lowest BCUT2D eigenvalue weighted by Crippen LogP contribution is -2.22. The lowest BCUT2D eigenvalue weighted by Gasteiger charge is -2.22. The van der Waals surface area contributed by atoms with Gasteiger partial charge in [-0.25, -0.2) is 0 Å². The van der Waals surface area contributed by atoms with Crippen molar-refractivity contribution >= 4 is 0 Å². The molecule has 0 aliphatic carbocycles. The minimum absolute atomic E-state index is 0.0922. The molecule has 3 nitrogen and oxygen atoms in total. The van der Waals surface area contributed by atoms with Gasteiger partial charge in [0.25, 0.3) is 0 Å². The molecular formula is C34H64O3. The second-order valence-corrected chi connectivity index (χ2v) is 11.4. The predicted molar refractivity (Wildman–Crippen MR) is 160 cm³/mol. The first kappa shape index (κ1) is 34.5. The van der Waals surface area contributed by atoms with Crippen molar-refractivity contribution in [3.8, 4) is 11.8 Å². The standard InChI is InChI=1S/C34H64O3/c35-31-27-24-22-20-18-16-14-12-10-8-6-4-2-1-3-5-7-9-11-13-15-17-19-21-23-25-28-32-36-34-30-26-29-33-37-34/h34-35H,1-11,13,15-33H2. The van der Waals surface area contributed by atoms with Crippen LogP contribution in [0.5, 0.6) is 0 Å². The fraction of sp³-hybridized carbons (Fsp3) is 0.941. The van der Waals surface area contributed by atoms with Gasteiger partial charge in [-0.15, -0.1) is 11.8 Å². The third-order valence-electron chi connectivity index (χ3n) is 7.72. The lowest BCUT2D eigenvalue weighted by molar-refractivity contribution is -0.162. The van der Waals surface area contributed by atoms with Gasteiger partial charge in [0.05, 0.1) is 0 Å². The van der Waals surface area contributed by atoms with E-state index in [0.717, 1.165) is 38.9 Å². The summed E-state index contributed by atoms with van der Waals surface area (Å²) in [6.45, 7) is 2.11. The molecule has 218 valence electrons. The third-order valence-corrected chi connectivity index (χ3v) is 7.72. The number of aliphatic hydroxyl groups is 1. The van der Waals surface area contributed by atoms with Crippen LogP contribution in [0.3, 0.4) is 0 Å². The summed E-state index contributed by atoms with van der Waals surface area (Å²) in [6, 6.07) is 0. The number of ether oxygens (including phenoxy) is 2. The van der Waals surface area contributed by atoms with Crippen molar-refractivity contribution in [3.63, 3.8) is 0 Å². The summed E-state index contributed by atoms with van der Waals surface area (Å²) in [5.41, 5.74) is 0. The van der Waals surface area contributed by atoms with Crippen LogP contribution in [0.2, 0.25) is 0 Å². The molecule has 1 N–H and O–H groups in total. The quantitative estimate of drug-likeness (QED) is 0.0864. The van der Waals surface area contributed by atoms with Crippen molar-refractivity contribution in [3.05, 3.63) is 0 Å². The Hall–Kier alpha value is -0.560. The Kier molecular flexibility index (Phi) is 27.9. The third kappa shape index (κ3) is 26.8. The number of unbranched alkanes of at least 4 members (excludes halogenated alkanes) is 23. The van der Waals surface area contributed by atoms with Crippen LogP contribution in [0.1, 0.15) is 180 Å². The zero-order valence-electron chi connectivity index (χ0n) is 24.8. The van der Waals surface area contributed by atoms with E-state index in [1.807, 2.05) is 0 Å². The van der Waals surface area contributed by atoms with Gasteiger partial charge in [-0.05, 0) is 44.9 Å². The van der Waals surface area contributed by atoms with Crippen molar-refractivity contribution in [1.82, 2.24) is 0 Å². The highest BCUT2D eigenvalue weighted by Gasteiger charge is 2.13. The molecule has 3 heteroatoms. The van der Waals surface area contributed by atoms with Crippen LogP contribution in [-0.4, -0.2) is 31.2 Å². The van der Waals surface area contributed by atoms with Crippen LogP contribution in [0.25, 0.3) is 0 Å². The molecule has 37 heavy (non-hydrogen) atoms. The molecule has 1 aliphatic heterocycles. The van der Waals surface area contributed by atoms with E-state index in [1.165, 1.54) is 154 Å². The van der Waals surface area contributed by atoms with Crippen molar-refractivity contribution in [1.29, 1.82) is 0 Å². The van der Waals surface area contributed by atoms with Crippen molar-refractivity contribution in [2.75, 3.05) is 19.8 Å². The monoisotopic (exact) mass is 520 g/mol. The normalized spacial score (nSPS) is 15.5. The SMILES string of the molecule is OCCCCCCCC#CCCCCCCCCCCCCCCCCCCCCOC1CCCCO1. The topological polar surface area (TPSA) is 38.7 Å². The molecule has 0 aromatic rings. The lowest BCUT2D eigenvalue weighted by atomic mass is 10.0. The van der Waals surface area contributed by atoms with Crippen LogP contribution >= 0.6 is 0 Å². The summed E-state index contributed by atoms with van der Waals surface area (Å²) in [4.78, 5) is 0. The molecule has 1 rings (SSSR count). The summed E-state index contributed by atoms with van der Waals surface area (Å²) in [7, 11) is 0. The van der Waals surface area contributed by atoms with Gasteiger partial charge in [0.15, 0.2) is 6.29 Å². The number of hydrogen-bond acceptors (Lipinski definition) is 3. The second kappa shape index (κ2) is 30.0. The van der Waals surface area contributed by atoms with E-state index in [4.69, 9.17) is 14.6 Å². The zero-order chi connectivity index (χ0) is 26.3. The fourth-order valence-corrected chi connectivity index (χ4v) is 5.23. The Balaban J connectivity index is 1.64. The molecule has 0 aromatic heterocycles. The molecule has 0 radical (unpaired) electrons. The Bertz CT molecular complexity index is 489. The molecule has 1 unspecified atom stereocenters. The van der Waals surface area contributed by atoms with Crippen LogP contribution in [-0.2, 0) is 9.47 Å². The summed E-state index contributed by atoms with van der Waals surface area (Å²) < 4.78 is 11.4. The van der Waals surface area contributed by atoms with Gasteiger partial charge in [-0.2, -0.15) is 0 Å². The van der Waals surface area contributed by atoms with Crippen LogP contribution in [0.15, 0.2) is 0 Å². The Morgan fingerprint density at radius 2 is 0.919 bits per heavy atom. The van der Waals surface area contributed by atoms with Gasteiger partial charge in [0.2, 0.25) is 0 Å². The van der Waals surface area contributed by atoms with Crippen LogP contribution in [0.4, 0.5) is 0 Å². The maximum absolute atomic E-state index is 8.76. The number of rotatable bonds is 27. The number of hydrogen-bond donors (Lipinski definition) is 1. The molecule has 1 heterocycles. The van der Waals surface area contributed by atoms with Gasteiger partial charge in [0.1, 0.15) is 0 Å². The van der Waals surface area contributed by atoms with Gasteiger partial charge in [0, 0.05) is 32.7 Å². The molecule has 0 aromatic carbocycles. The maximum atomic E-state index is 8.76. The van der Waals surface area contributed by atoms with E-state index in [1.54, 1.807) is 0 Å². The van der Waals surface area contributed by atoms with E-state index in [9.17, 15) is 0 Å². The molecular weight excluding hydrogens is 456 g/mol. The molecule has 1 aliphatic rings. The molecule has 1 atom stereocenters. The molecule has 0 bridgehead atoms. The maximum Gasteiger partial charge on any atom is 0.157 e. The molecule has 1 fully saturated rings. The van der Waals surface area contributed by atoms with Gasteiger partial charge in [-0.3, -0.25) is 0 Å². The Labute approximate surface area is 232 Å². The summed E-state index contributed by atoms with van der Waals surface area (Å²) in [5.74, 6) is 6.70. The molecule has 0 amide bonds. The first-order chi connectivity index (χ1) is 18.4. The van der Waals surface area contributed by atoms with E-state index < -0.39 is 0 Å². The largest absolute Gasteiger partial charge is 0.396 e. The summed E-state index contributed by atoms with van der Waals surface area (Å²) in [6.07, 6.45) is 36.8. The minimum Gasteiger partial charge on any atom is -0.396 e. The van der Waals surface area contributed by atoms with Crippen LogP contribution < -0.4 is 0 Å².